The molecule has 4 nitrogen and oxygen atoms in total. The molecule has 0 radical (unpaired) electrons. The van der Waals surface area contributed by atoms with Crippen LogP contribution < -0.4 is 10.2 Å². The lowest BCUT2D eigenvalue weighted by molar-refractivity contribution is 0.661. The van der Waals surface area contributed by atoms with E-state index < -0.39 is 0 Å². The van der Waals surface area contributed by atoms with Gasteiger partial charge in [0.05, 0.1) is 0 Å². The highest BCUT2D eigenvalue weighted by atomic mass is 35.5. The number of aromatic nitrogens is 2. The summed E-state index contributed by atoms with van der Waals surface area (Å²) in [6, 6.07) is 20.6. The van der Waals surface area contributed by atoms with Gasteiger partial charge in [0.25, 0.3) is 0 Å². The zero-order valence-electron chi connectivity index (χ0n) is 15.8. The van der Waals surface area contributed by atoms with Gasteiger partial charge in [0, 0.05) is 30.4 Å². The number of hydrogen-bond acceptors (Lipinski definition) is 4. The minimum absolute atomic E-state index is 0.298. The smallest absolute Gasteiger partial charge is 0.227 e. The maximum atomic E-state index is 6.05. The lowest BCUT2D eigenvalue weighted by Crippen LogP contribution is -2.31. The summed E-state index contributed by atoms with van der Waals surface area (Å²) in [6.07, 6.45) is 2.70. The highest BCUT2D eigenvalue weighted by molar-refractivity contribution is 6.30. The fraction of sp³-hybridized carbons (Fsp3) is 0.273. The van der Waals surface area contributed by atoms with Crippen LogP contribution in [0, 0.1) is 0 Å². The molecule has 0 aliphatic rings. The fourth-order valence-corrected chi connectivity index (χ4v) is 3.09. The first kappa shape index (κ1) is 19.2. The van der Waals surface area contributed by atoms with Crippen molar-refractivity contribution in [1.82, 2.24) is 9.97 Å². The van der Waals surface area contributed by atoms with E-state index in [2.05, 4.69) is 59.4 Å². The average Bonchev–Trinajstić information content (AvgIpc) is 2.67. The van der Waals surface area contributed by atoms with Gasteiger partial charge in [-0.15, -0.1) is 0 Å². The summed E-state index contributed by atoms with van der Waals surface area (Å²) in [6.45, 7) is 5.89. The number of rotatable bonds is 8. The van der Waals surface area contributed by atoms with Crippen molar-refractivity contribution < 1.29 is 0 Å². The monoisotopic (exact) mass is 380 g/mol. The van der Waals surface area contributed by atoms with Crippen LogP contribution in [0.2, 0.25) is 5.02 Å². The summed E-state index contributed by atoms with van der Waals surface area (Å²) in [4.78, 5) is 11.4. The second-order valence-electron chi connectivity index (χ2n) is 6.76. The largest absolute Gasteiger partial charge is 0.370 e. The van der Waals surface area contributed by atoms with Gasteiger partial charge in [-0.1, -0.05) is 54.1 Å². The Balaban J connectivity index is 1.65. The van der Waals surface area contributed by atoms with Gasteiger partial charge in [-0.25, -0.2) is 4.98 Å². The van der Waals surface area contributed by atoms with Crippen LogP contribution in [0.1, 0.15) is 25.0 Å². The van der Waals surface area contributed by atoms with Gasteiger partial charge in [-0.2, -0.15) is 4.98 Å². The molecule has 0 atom stereocenters. The van der Waals surface area contributed by atoms with Crippen LogP contribution in [-0.2, 0) is 13.0 Å². The Labute approximate surface area is 166 Å². The molecule has 0 spiro atoms. The van der Waals surface area contributed by atoms with E-state index >= 15 is 0 Å². The number of hydrogen-bond donors (Lipinski definition) is 1. The summed E-state index contributed by atoms with van der Waals surface area (Å²) in [5.74, 6) is 1.57. The maximum Gasteiger partial charge on any atom is 0.227 e. The van der Waals surface area contributed by atoms with Crippen LogP contribution in [0.25, 0.3) is 0 Å². The second kappa shape index (κ2) is 9.38. The first-order valence-electron chi connectivity index (χ1n) is 9.24. The molecule has 3 rings (SSSR count). The van der Waals surface area contributed by atoms with Crippen LogP contribution in [0.3, 0.4) is 0 Å². The topological polar surface area (TPSA) is 41.1 Å². The van der Waals surface area contributed by atoms with Crippen molar-refractivity contribution >= 4 is 23.4 Å². The minimum atomic E-state index is 0.298. The van der Waals surface area contributed by atoms with Crippen molar-refractivity contribution in [2.24, 2.45) is 0 Å². The Kier molecular flexibility index (Phi) is 6.66. The lowest BCUT2D eigenvalue weighted by atomic mass is 10.1. The lowest BCUT2D eigenvalue weighted by Gasteiger charge is -2.27. The summed E-state index contributed by atoms with van der Waals surface area (Å²) in [7, 11) is 0. The molecule has 0 unspecified atom stereocenters. The highest BCUT2D eigenvalue weighted by Crippen LogP contribution is 2.17. The predicted molar refractivity (Wildman–Crippen MR) is 113 cm³/mol. The first-order valence-corrected chi connectivity index (χ1v) is 9.61. The summed E-state index contributed by atoms with van der Waals surface area (Å²) < 4.78 is 0. The van der Waals surface area contributed by atoms with Crippen LogP contribution in [-0.4, -0.2) is 22.6 Å². The maximum absolute atomic E-state index is 6.05. The van der Waals surface area contributed by atoms with Crippen molar-refractivity contribution in [3.63, 3.8) is 0 Å². The van der Waals surface area contributed by atoms with Crippen molar-refractivity contribution in [3.8, 4) is 0 Å². The van der Waals surface area contributed by atoms with E-state index in [4.69, 9.17) is 16.6 Å². The normalized spacial score (nSPS) is 10.8. The molecule has 0 amide bonds. The van der Waals surface area contributed by atoms with E-state index in [1.807, 2.05) is 36.5 Å². The SMILES string of the molecule is CC(C)N(Cc1ccccc1)c1nccc(NCCc2cccc(Cl)c2)n1. The molecule has 3 aromatic rings. The van der Waals surface area contributed by atoms with Gasteiger partial charge in [0.15, 0.2) is 0 Å². The van der Waals surface area contributed by atoms with E-state index in [9.17, 15) is 0 Å². The third kappa shape index (κ3) is 5.69. The van der Waals surface area contributed by atoms with Gasteiger partial charge in [0.2, 0.25) is 5.95 Å². The van der Waals surface area contributed by atoms with Crippen molar-refractivity contribution in [1.29, 1.82) is 0 Å². The van der Waals surface area contributed by atoms with E-state index in [0.29, 0.717) is 6.04 Å². The van der Waals surface area contributed by atoms with Crippen LogP contribution >= 0.6 is 11.6 Å². The quantitative estimate of drug-likeness (QED) is 0.583. The van der Waals surface area contributed by atoms with Crippen LogP contribution in [0.4, 0.5) is 11.8 Å². The Morgan fingerprint density at radius 3 is 2.52 bits per heavy atom. The molecular formula is C22H25ClN4. The molecule has 0 aliphatic carbocycles. The number of benzene rings is 2. The number of nitrogens with one attached hydrogen (secondary N) is 1. The molecule has 27 heavy (non-hydrogen) atoms. The first-order chi connectivity index (χ1) is 13.1. The predicted octanol–water partition coefficient (Wildman–Crippen LogP) is 5.20. The summed E-state index contributed by atoms with van der Waals surface area (Å²) in [5.41, 5.74) is 2.45. The van der Waals surface area contributed by atoms with Crippen molar-refractivity contribution in [2.45, 2.75) is 32.9 Å². The molecule has 1 heterocycles. The Morgan fingerprint density at radius 1 is 1.00 bits per heavy atom. The zero-order chi connectivity index (χ0) is 19.1. The third-order valence-corrected chi connectivity index (χ3v) is 4.56. The van der Waals surface area contributed by atoms with Crippen LogP contribution in [0.15, 0.2) is 66.9 Å². The Hall–Kier alpha value is -2.59. The second-order valence-corrected chi connectivity index (χ2v) is 7.19. The molecule has 0 saturated heterocycles. The number of halogens is 1. The molecule has 1 aromatic heterocycles. The van der Waals surface area contributed by atoms with Crippen LogP contribution in [0.5, 0.6) is 0 Å². The number of anilines is 2. The molecular weight excluding hydrogens is 356 g/mol. The van der Waals surface area contributed by atoms with Gasteiger partial charge < -0.3 is 10.2 Å². The third-order valence-electron chi connectivity index (χ3n) is 4.33. The van der Waals surface area contributed by atoms with Crippen molar-refractivity contribution in [2.75, 3.05) is 16.8 Å². The standard InChI is InChI=1S/C22H25ClN4/c1-17(2)27(16-19-7-4-3-5-8-19)22-25-14-12-21(26-22)24-13-11-18-9-6-10-20(23)15-18/h3-10,12,14-15,17H,11,13,16H2,1-2H3,(H,24,25,26). The van der Waals surface area contributed by atoms with Gasteiger partial charge in [-0.05, 0) is 49.6 Å². The zero-order valence-corrected chi connectivity index (χ0v) is 16.5. The molecule has 140 valence electrons. The average molecular weight is 381 g/mol. The molecule has 0 fully saturated rings. The van der Waals surface area contributed by atoms with E-state index in [0.717, 1.165) is 36.3 Å². The summed E-state index contributed by atoms with van der Waals surface area (Å²) in [5, 5.41) is 4.16. The van der Waals surface area contributed by atoms with E-state index in [1.165, 1.54) is 11.1 Å². The van der Waals surface area contributed by atoms with E-state index in [1.54, 1.807) is 0 Å². The fourth-order valence-electron chi connectivity index (χ4n) is 2.88. The van der Waals surface area contributed by atoms with Crippen molar-refractivity contribution in [3.05, 3.63) is 83.0 Å². The highest BCUT2D eigenvalue weighted by Gasteiger charge is 2.14. The van der Waals surface area contributed by atoms with Gasteiger partial charge >= 0.3 is 0 Å². The molecule has 2 aromatic carbocycles. The summed E-state index contributed by atoms with van der Waals surface area (Å²) >= 11 is 6.05. The molecule has 0 bridgehead atoms. The molecule has 5 heteroatoms. The minimum Gasteiger partial charge on any atom is -0.370 e. The molecule has 0 saturated carbocycles. The number of nitrogens with zero attached hydrogens (tertiary/aromatic N) is 3. The van der Waals surface area contributed by atoms with Gasteiger partial charge in [-0.3, -0.25) is 0 Å². The Bertz CT molecular complexity index is 852. The molecule has 1 N–H and O–H groups in total. The Morgan fingerprint density at radius 2 is 1.78 bits per heavy atom. The van der Waals surface area contributed by atoms with Gasteiger partial charge in [0.1, 0.15) is 5.82 Å². The molecule has 0 aliphatic heterocycles. The van der Waals surface area contributed by atoms with E-state index in [-0.39, 0.29) is 0 Å².